The van der Waals surface area contributed by atoms with Crippen LogP contribution in [0.25, 0.3) is 0 Å². The third kappa shape index (κ3) is 5.37. The van der Waals surface area contributed by atoms with Crippen molar-refractivity contribution in [2.45, 2.75) is 33.3 Å². The van der Waals surface area contributed by atoms with Crippen molar-refractivity contribution < 1.29 is 19.6 Å². The molecule has 0 fully saturated rings. The molecule has 0 bridgehead atoms. The van der Waals surface area contributed by atoms with E-state index in [1.807, 2.05) is 6.92 Å². The zero-order valence-corrected chi connectivity index (χ0v) is 13.5. The van der Waals surface area contributed by atoms with Gasteiger partial charge in [-0.15, -0.1) is 0 Å². The fourth-order valence-corrected chi connectivity index (χ4v) is 2.07. The first-order chi connectivity index (χ1) is 10.9. The molecular weight excluding hydrogens is 300 g/mol. The van der Waals surface area contributed by atoms with Crippen molar-refractivity contribution in [2.24, 2.45) is 0 Å². The second kappa shape index (κ2) is 8.89. The summed E-state index contributed by atoms with van der Waals surface area (Å²) in [6, 6.07) is 5.71. The number of nitrogens with one attached hydrogen (secondary N) is 1. The van der Waals surface area contributed by atoms with E-state index in [4.69, 9.17) is 4.74 Å². The highest BCUT2D eigenvalue weighted by atomic mass is 16.6. The van der Waals surface area contributed by atoms with Gasteiger partial charge < -0.3 is 15.2 Å². The largest absolute Gasteiger partial charge is 0.463 e. The first kappa shape index (κ1) is 18.6. The van der Waals surface area contributed by atoms with E-state index in [1.165, 1.54) is 24.3 Å². The first-order valence-electron chi connectivity index (χ1n) is 7.43. The van der Waals surface area contributed by atoms with Crippen molar-refractivity contribution in [3.63, 3.8) is 0 Å². The molecule has 1 atom stereocenters. The van der Waals surface area contributed by atoms with Gasteiger partial charge in [0.15, 0.2) is 0 Å². The number of aliphatic hydroxyl groups is 1. The van der Waals surface area contributed by atoms with Crippen molar-refractivity contribution in [2.75, 3.05) is 13.2 Å². The van der Waals surface area contributed by atoms with Crippen molar-refractivity contribution in [3.8, 4) is 0 Å². The van der Waals surface area contributed by atoms with E-state index in [9.17, 15) is 20.0 Å². The molecule has 0 spiro atoms. The van der Waals surface area contributed by atoms with Gasteiger partial charge in [-0.3, -0.25) is 10.1 Å². The Hall–Kier alpha value is -2.41. The van der Waals surface area contributed by atoms with Crippen LogP contribution in [-0.2, 0) is 9.53 Å². The highest BCUT2D eigenvalue weighted by Gasteiger charge is 2.14. The smallest absolute Gasteiger partial charge is 0.335 e. The van der Waals surface area contributed by atoms with Crippen LogP contribution < -0.4 is 5.32 Å². The van der Waals surface area contributed by atoms with E-state index in [0.29, 0.717) is 29.9 Å². The summed E-state index contributed by atoms with van der Waals surface area (Å²) in [5, 5.41) is 23.7. The van der Waals surface area contributed by atoms with Crippen LogP contribution in [0.5, 0.6) is 0 Å². The molecule has 1 aromatic rings. The topological polar surface area (TPSA) is 102 Å². The highest BCUT2D eigenvalue weighted by molar-refractivity contribution is 5.89. The van der Waals surface area contributed by atoms with Crippen LogP contribution in [-0.4, -0.2) is 29.2 Å². The fourth-order valence-electron chi connectivity index (χ4n) is 2.07. The summed E-state index contributed by atoms with van der Waals surface area (Å²) in [4.78, 5) is 21.9. The standard InChI is InChI=1S/C16H22N2O5/c1-4-14(16(20)23-5-2)11(3)17-10-15(19)12-6-8-13(9-7-12)18(21)22/h6-9,15,17,19H,4-5,10H2,1-3H3/b14-11+/t15-/m1/s1. The summed E-state index contributed by atoms with van der Waals surface area (Å²) in [5.41, 5.74) is 1.71. The number of benzene rings is 1. The van der Waals surface area contributed by atoms with Gasteiger partial charge >= 0.3 is 5.97 Å². The number of nitro benzene ring substituents is 1. The number of rotatable bonds is 8. The minimum absolute atomic E-state index is 0.0273. The van der Waals surface area contributed by atoms with Crippen LogP contribution >= 0.6 is 0 Å². The Labute approximate surface area is 135 Å². The predicted octanol–water partition coefficient (Wildman–Crippen LogP) is 2.46. The Morgan fingerprint density at radius 2 is 1.96 bits per heavy atom. The Balaban J connectivity index is 2.71. The molecule has 23 heavy (non-hydrogen) atoms. The minimum atomic E-state index is -0.842. The zero-order valence-electron chi connectivity index (χ0n) is 13.5. The molecule has 0 unspecified atom stereocenters. The minimum Gasteiger partial charge on any atom is -0.463 e. The number of aliphatic hydroxyl groups excluding tert-OH is 1. The number of allylic oxidation sites excluding steroid dienone is 1. The molecule has 0 aromatic heterocycles. The molecule has 0 aliphatic rings. The number of nitrogens with zero attached hydrogens (tertiary/aromatic N) is 1. The number of hydrogen-bond acceptors (Lipinski definition) is 6. The van der Waals surface area contributed by atoms with Gasteiger partial charge in [0, 0.05) is 24.4 Å². The maximum atomic E-state index is 11.8. The lowest BCUT2D eigenvalue weighted by Gasteiger charge is -2.16. The average Bonchev–Trinajstić information content (AvgIpc) is 2.53. The van der Waals surface area contributed by atoms with Gasteiger partial charge in [-0.25, -0.2) is 4.79 Å². The maximum Gasteiger partial charge on any atom is 0.335 e. The number of ether oxygens (including phenoxy) is 1. The molecule has 7 heteroatoms. The second-order valence-corrected chi connectivity index (χ2v) is 4.92. The predicted molar refractivity (Wildman–Crippen MR) is 85.7 cm³/mol. The van der Waals surface area contributed by atoms with E-state index >= 15 is 0 Å². The third-order valence-electron chi connectivity index (χ3n) is 3.38. The van der Waals surface area contributed by atoms with Crippen LogP contribution in [0.2, 0.25) is 0 Å². The van der Waals surface area contributed by atoms with Crippen LogP contribution in [0.1, 0.15) is 38.9 Å². The Morgan fingerprint density at radius 3 is 2.43 bits per heavy atom. The number of hydrogen-bond donors (Lipinski definition) is 2. The number of carbonyl (C=O) groups is 1. The molecule has 0 amide bonds. The van der Waals surface area contributed by atoms with Crippen LogP contribution in [0.4, 0.5) is 5.69 Å². The van der Waals surface area contributed by atoms with E-state index in [1.54, 1.807) is 13.8 Å². The van der Waals surface area contributed by atoms with Gasteiger partial charge in [0.1, 0.15) is 0 Å². The summed E-state index contributed by atoms with van der Waals surface area (Å²) >= 11 is 0. The quantitative estimate of drug-likeness (QED) is 0.330. The van der Waals surface area contributed by atoms with E-state index < -0.39 is 11.0 Å². The third-order valence-corrected chi connectivity index (χ3v) is 3.38. The SMILES string of the molecule is CCOC(=O)/C(CC)=C(\C)NC[C@@H](O)c1ccc([N+](=O)[O-])cc1. The van der Waals surface area contributed by atoms with Crippen LogP contribution in [0.15, 0.2) is 35.5 Å². The van der Waals surface area contributed by atoms with Gasteiger partial charge in [-0.05, 0) is 38.0 Å². The highest BCUT2D eigenvalue weighted by Crippen LogP contribution is 2.18. The van der Waals surface area contributed by atoms with Crippen LogP contribution in [0.3, 0.4) is 0 Å². The van der Waals surface area contributed by atoms with E-state index in [2.05, 4.69) is 5.32 Å². The van der Waals surface area contributed by atoms with Crippen molar-refractivity contribution in [1.82, 2.24) is 5.32 Å². The maximum absolute atomic E-state index is 11.8. The molecule has 0 saturated heterocycles. The van der Waals surface area contributed by atoms with E-state index in [-0.39, 0.29) is 18.2 Å². The Bertz CT molecular complexity index is 581. The van der Waals surface area contributed by atoms with Gasteiger partial charge in [0.25, 0.3) is 5.69 Å². The summed E-state index contributed by atoms with van der Waals surface area (Å²) in [7, 11) is 0. The molecule has 0 saturated carbocycles. The first-order valence-corrected chi connectivity index (χ1v) is 7.43. The summed E-state index contributed by atoms with van der Waals surface area (Å²) in [6.07, 6.45) is -0.322. The molecular formula is C16H22N2O5. The number of nitro groups is 1. The van der Waals surface area contributed by atoms with Crippen molar-refractivity contribution in [3.05, 3.63) is 51.2 Å². The molecule has 1 aromatic carbocycles. The molecule has 0 heterocycles. The average molecular weight is 322 g/mol. The van der Waals surface area contributed by atoms with Crippen molar-refractivity contribution >= 4 is 11.7 Å². The zero-order chi connectivity index (χ0) is 17.4. The molecule has 1 rings (SSSR count). The van der Waals surface area contributed by atoms with Gasteiger partial charge in [0.2, 0.25) is 0 Å². The lowest BCUT2D eigenvalue weighted by atomic mass is 10.1. The van der Waals surface area contributed by atoms with Crippen molar-refractivity contribution in [1.29, 1.82) is 0 Å². The molecule has 7 nitrogen and oxygen atoms in total. The molecule has 2 N–H and O–H groups in total. The Morgan fingerprint density at radius 1 is 1.35 bits per heavy atom. The summed E-state index contributed by atoms with van der Waals surface area (Å²) < 4.78 is 4.98. The molecule has 0 aliphatic carbocycles. The molecule has 126 valence electrons. The van der Waals surface area contributed by atoms with Gasteiger partial charge in [-0.1, -0.05) is 6.92 Å². The van der Waals surface area contributed by atoms with Gasteiger partial charge in [-0.2, -0.15) is 0 Å². The number of esters is 1. The molecule has 0 radical (unpaired) electrons. The van der Waals surface area contributed by atoms with E-state index in [0.717, 1.165) is 0 Å². The number of non-ortho nitro benzene ring substituents is 1. The number of carbonyl (C=O) groups excluding carboxylic acids is 1. The van der Waals surface area contributed by atoms with Gasteiger partial charge in [0.05, 0.1) is 23.2 Å². The Kier molecular flexibility index (Phi) is 7.21. The fraction of sp³-hybridized carbons (Fsp3) is 0.438. The summed E-state index contributed by atoms with van der Waals surface area (Å²) in [5.74, 6) is -0.371. The summed E-state index contributed by atoms with van der Waals surface area (Å²) in [6.45, 7) is 5.84. The normalized spacial score (nSPS) is 13.0. The second-order valence-electron chi connectivity index (χ2n) is 4.92. The van der Waals surface area contributed by atoms with Crippen LogP contribution in [0, 0.1) is 10.1 Å². The lowest BCUT2D eigenvalue weighted by molar-refractivity contribution is -0.384. The molecule has 0 aliphatic heterocycles. The monoisotopic (exact) mass is 322 g/mol. The lowest BCUT2D eigenvalue weighted by Crippen LogP contribution is -2.23.